The second-order valence-electron chi connectivity index (χ2n) is 4.57. The molecule has 1 aromatic heterocycles. The second kappa shape index (κ2) is 4.09. The molecule has 1 aliphatic heterocycles. The SMILES string of the molecule is Cc1cc(N2CCC(C)CC2)ncc1N. The summed E-state index contributed by atoms with van der Waals surface area (Å²) in [5, 5.41) is 0. The maximum absolute atomic E-state index is 5.76. The van der Waals surface area contributed by atoms with E-state index in [1.807, 2.05) is 6.92 Å². The molecule has 1 aliphatic rings. The number of pyridine rings is 1. The highest BCUT2D eigenvalue weighted by atomic mass is 15.2. The van der Waals surface area contributed by atoms with Crippen LogP contribution in [-0.2, 0) is 0 Å². The number of piperidine rings is 1. The molecule has 82 valence electrons. The van der Waals surface area contributed by atoms with Crippen molar-refractivity contribution in [3.05, 3.63) is 17.8 Å². The van der Waals surface area contributed by atoms with Crippen LogP contribution in [0.3, 0.4) is 0 Å². The van der Waals surface area contributed by atoms with Gasteiger partial charge in [0.2, 0.25) is 0 Å². The third-order valence-corrected chi connectivity index (χ3v) is 3.24. The van der Waals surface area contributed by atoms with Gasteiger partial charge in [0.1, 0.15) is 5.82 Å². The molecule has 0 spiro atoms. The van der Waals surface area contributed by atoms with Crippen molar-refractivity contribution >= 4 is 11.5 Å². The number of hydrogen-bond donors (Lipinski definition) is 1. The van der Waals surface area contributed by atoms with Crippen molar-refractivity contribution in [3.8, 4) is 0 Å². The number of aryl methyl sites for hydroxylation is 1. The number of nitrogens with two attached hydrogens (primary N) is 1. The van der Waals surface area contributed by atoms with Gasteiger partial charge in [0.25, 0.3) is 0 Å². The molecule has 1 saturated heterocycles. The van der Waals surface area contributed by atoms with Crippen LogP contribution in [0.2, 0.25) is 0 Å². The number of hydrogen-bond acceptors (Lipinski definition) is 3. The number of aromatic nitrogens is 1. The molecule has 0 amide bonds. The Morgan fingerprint density at radius 3 is 2.67 bits per heavy atom. The first-order valence-corrected chi connectivity index (χ1v) is 5.64. The monoisotopic (exact) mass is 205 g/mol. The zero-order valence-corrected chi connectivity index (χ0v) is 9.53. The highest BCUT2D eigenvalue weighted by Gasteiger charge is 2.16. The molecule has 0 atom stereocenters. The molecule has 1 fully saturated rings. The fraction of sp³-hybridized carbons (Fsp3) is 0.583. The number of nitrogens with zero attached hydrogens (tertiary/aromatic N) is 2. The molecule has 1 aromatic rings. The molecule has 0 saturated carbocycles. The average Bonchev–Trinajstić information content (AvgIpc) is 2.23. The Hall–Kier alpha value is -1.25. The van der Waals surface area contributed by atoms with Crippen LogP contribution in [0.5, 0.6) is 0 Å². The van der Waals surface area contributed by atoms with Crippen LogP contribution in [0.1, 0.15) is 25.3 Å². The van der Waals surface area contributed by atoms with Crippen molar-refractivity contribution < 1.29 is 0 Å². The summed E-state index contributed by atoms with van der Waals surface area (Å²) in [5.41, 5.74) is 7.66. The number of rotatable bonds is 1. The van der Waals surface area contributed by atoms with Crippen molar-refractivity contribution in [2.24, 2.45) is 5.92 Å². The van der Waals surface area contributed by atoms with Crippen molar-refractivity contribution in [1.82, 2.24) is 4.98 Å². The molecule has 0 bridgehead atoms. The first-order valence-electron chi connectivity index (χ1n) is 5.64. The Labute approximate surface area is 91.3 Å². The van der Waals surface area contributed by atoms with Crippen molar-refractivity contribution in [2.75, 3.05) is 23.7 Å². The zero-order valence-electron chi connectivity index (χ0n) is 9.53. The lowest BCUT2D eigenvalue weighted by Crippen LogP contribution is -2.33. The summed E-state index contributed by atoms with van der Waals surface area (Å²) < 4.78 is 0. The Kier molecular flexibility index (Phi) is 2.80. The van der Waals surface area contributed by atoms with Gasteiger partial charge in [0.15, 0.2) is 0 Å². The summed E-state index contributed by atoms with van der Waals surface area (Å²) in [6.07, 6.45) is 4.30. The smallest absolute Gasteiger partial charge is 0.128 e. The van der Waals surface area contributed by atoms with Crippen LogP contribution in [0, 0.1) is 12.8 Å². The molecule has 2 heterocycles. The molecular weight excluding hydrogens is 186 g/mol. The van der Waals surface area contributed by atoms with Gasteiger partial charge in [-0.3, -0.25) is 0 Å². The first-order chi connectivity index (χ1) is 7.16. The molecule has 0 unspecified atom stereocenters. The van der Waals surface area contributed by atoms with Gasteiger partial charge < -0.3 is 10.6 Å². The van der Waals surface area contributed by atoms with E-state index in [0.29, 0.717) is 0 Å². The maximum Gasteiger partial charge on any atom is 0.128 e. The Morgan fingerprint density at radius 2 is 2.07 bits per heavy atom. The number of nitrogen functional groups attached to an aromatic ring is 1. The van der Waals surface area contributed by atoms with Gasteiger partial charge in [0, 0.05) is 13.1 Å². The zero-order chi connectivity index (χ0) is 10.8. The summed E-state index contributed by atoms with van der Waals surface area (Å²) >= 11 is 0. The molecule has 2 N–H and O–H groups in total. The summed E-state index contributed by atoms with van der Waals surface area (Å²) in [6, 6.07) is 2.09. The van der Waals surface area contributed by atoms with E-state index in [9.17, 15) is 0 Å². The van der Waals surface area contributed by atoms with Crippen molar-refractivity contribution in [2.45, 2.75) is 26.7 Å². The minimum Gasteiger partial charge on any atom is -0.397 e. The highest BCUT2D eigenvalue weighted by Crippen LogP contribution is 2.23. The third kappa shape index (κ3) is 2.22. The van der Waals surface area contributed by atoms with Crippen molar-refractivity contribution in [3.63, 3.8) is 0 Å². The molecule has 3 heteroatoms. The van der Waals surface area contributed by atoms with E-state index in [1.54, 1.807) is 6.20 Å². The van der Waals surface area contributed by atoms with Gasteiger partial charge in [-0.1, -0.05) is 6.92 Å². The topological polar surface area (TPSA) is 42.2 Å². The van der Waals surface area contributed by atoms with Crippen LogP contribution in [0.15, 0.2) is 12.3 Å². The van der Waals surface area contributed by atoms with Gasteiger partial charge >= 0.3 is 0 Å². The third-order valence-electron chi connectivity index (χ3n) is 3.24. The lowest BCUT2D eigenvalue weighted by atomic mass is 9.99. The van der Waals surface area contributed by atoms with E-state index in [1.165, 1.54) is 12.8 Å². The van der Waals surface area contributed by atoms with Gasteiger partial charge in [-0.25, -0.2) is 4.98 Å². The fourth-order valence-corrected chi connectivity index (χ4v) is 1.96. The molecule has 15 heavy (non-hydrogen) atoms. The molecule has 3 nitrogen and oxygen atoms in total. The van der Waals surface area contributed by atoms with Crippen molar-refractivity contribution in [1.29, 1.82) is 0 Å². The van der Waals surface area contributed by atoms with E-state index < -0.39 is 0 Å². The lowest BCUT2D eigenvalue weighted by Gasteiger charge is -2.31. The van der Waals surface area contributed by atoms with Crippen LogP contribution in [0.4, 0.5) is 11.5 Å². The summed E-state index contributed by atoms with van der Waals surface area (Å²) in [5.74, 6) is 1.93. The largest absolute Gasteiger partial charge is 0.397 e. The first kappa shape index (κ1) is 10.3. The fourth-order valence-electron chi connectivity index (χ4n) is 1.96. The maximum atomic E-state index is 5.76. The summed E-state index contributed by atoms with van der Waals surface area (Å²) in [6.45, 7) is 6.60. The van der Waals surface area contributed by atoms with E-state index >= 15 is 0 Å². The Balaban J connectivity index is 2.12. The molecule has 2 rings (SSSR count). The normalized spacial score (nSPS) is 18.1. The minimum absolute atomic E-state index is 0.782. The van der Waals surface area contributed by atoms with Gasteiger partial charge in [-0.05, 0) is 37.3 Å². The quantitative estimate of drug-likeness (QED) is 0.764. The van der Waals surface area contributed by atoms with E-state index in [2.05, 4.69) is 22.9 Å². The van der Waals surface area contributed by atoms with E-state index in [0.717, 1.165) is 36.1 Å². The van der Waals surface area contributed by atoms with Crippen LogP contribution >= 0.6 is 0 Å². The lowest BCUT2D eigenvalue weighted by molar-refractivity contribution is 0.436. The average molecular weight is 205 g/mol. The highest BCUT2D eigenvalue weighted by molar-refractivity contribution is 5.52. The summed E-state index contributed by atoms with van der Waals surface area (Å²) in [7, 11) is 0. The van der Waals surface area contributed by atoms with Crippen LogP contribution in [0.25, 0.3) is 0 Å². The standard InChI is InChI=1S/C12H19N3/c1-9-3-5-15(6-4-9)12-7-10(2)11(13)8-14-12/h7-9H,3-6,13H2,1-2H3. The van der Waals surface area contributed by atoms with E-state index in [-0.39, 0.29) is 0 Å². The molecular formula is C12H19N3. The Bertz CT molecular complexity index is 341. The molecule has 0 radical (unpaired) electrons. The Morgan fingerprint density at radius 1 is 1.40 bits per heavy atom. The minimum atomic E-state index is 0.782. The predicted octanol–water partition coefficient (Wildman–Crippen LogP) is 2.21. The number of anilines is 2. The van der Waals surface area contributed by atoms with Gasteiger partial charge in [0.05, 0.1) is 11.9 Å². The molecule has 0 aliphatic carbocycles. The van der Waals surface area contributed by atoms with Gasteiger partial charge in [-0.2, -0.15) is 0 Å². The molecule has 0 aromatic carbocycles. The van der Waals surface area contributed by atoms with Crippen LogP contribution < -0.4 is 10.6 Å². The predicted molar refractivity (Wildman–Crippen MR) is 64.0 cm³/mol. The van der Waals surface area contributed by atoms with Gasteiger partial charge in [-0.15, -0.1) is 0 Å². The van der Waals surface area contributed by atoms with Crippen LogP contribution in [-0.4, -0.2) is 18.1 Å². The second-order valence-corrected chi connectivity index (χ2v) is 4.57. The summed E-state index contributed by atoms with van der Waals surface area (Å²) in [4.78, 5) is 6.74. The van der Waals surface area contributed by atoms with E-state index in [4.69, 9.17) is 5.73 Å².